The van der Waals surface area contributed by atoms with Crippen LogP contribution >= 0.6 is 0 Å². The number of hydrogen-bond donors (Lipinski definition) is 1. The van der Waals surface area contributed by atoms with Crippen LogP contribution in [0.2, 0.25) is 0 Å². The summed E-state index contributed by atoms with van der Waals surface area (Å²) in [7, 11) is 0. The van der Waals surface area contributed by atoms with Crippen molar-refractivity contribution >= 4 is 5.78 Å². The normalized spacial score (nSPS) is 21.2. The van der Waals surface area contributed by atoms with Gasteiger partial charge in [-0.2, -0.15) is 0 Å². The van der Waals surface area contributed by atoms with Crippen LogP contribution in [-0.2, 0) is 4.79 Å². The minimum atomic E-state index is -0.0975. The van der Waals surface area contributed by atoms with Gasteiger partial charge >= 0.3 is 0 Å². The molecule has 56 valence electrons. The van der Waals surface area contributed by atoms with Crippen molar-refractivity contribution in [2.45, 2.75) is 32.1 Å². The Morgan fingerprint density at radius 3 is 2.90 bits per heavy atom. The topological polar surface area (TPSA) is 37.3 Å². The Hall–Kier alpha value is -0.790. The van der Waals surface area contributed by atoms with E-state index >= 15 is 0 Å². The average molecular weight is 140 g/mol. The third kappa shape index (κ3) is 1.87. The highest BCUT2D eigenvalue weighted by molar-refractivity contribution is 5.92. The Balaban J connectivity index is 2.56. The van der Waals surface area contributed by atoms with Crippen LogP contribution in [0.3, 0.4) is 0 Å². The largest absolute Gasteiger partial charge is 0.505 e. The Morgan fingerprint density at radius 1 is 1.30 bits per heavy atom. The minimum absolute atomic E-state index is 0.0281. The molecule has 1 aliphatic rings. The van der Waals surface area contributed by atoms with Crippen LogP contribution in [0.15, 0.2) is 11.8 Å². The Labute approximate surface area is 60.6 Å². The van der Waals surface area contributed by atoms with E-state index in [4.69, 9.17) is 5.11 Å². The SMILES string of the molecule is O=C1CCCCCC=C1O. The van der Waals surface area contributed by atoms with Gasteiger partial charge in [-0.05, 0) is 25.3 Å². The van der Waals surface area contributed by atoms with Crippen molar-refractivity contribution in [3.63, 3.8) is 0 Å². The molecule has 0 atom stereocenters. The molecule has 0 saturated carbocycles. The van der Waals surface area contributed by atoms with Gasteiger partial charge in [-0.15, -0.1) is 0 Å². The first-order chi connectivity index (χ1) is 4.80. The molecule has 0 amide bonds. The molecule has 2 nitrogen and oxygen atoms in total. The van der Waals surface area contributed by atoms with E-state index < -0.39 is 0 Å². The monoisotopic (exact) mass is 140 g/mol. The zero-order chi connectivity index (χ0) is 7.40. The number of ketones is 1. The fourth-order valence-electron chi connectivity index (χ4n) is 1.09. The highest BCUT2D eigenvalue weighted by Crippen LogP contribution is 2.11. The van der Waals surface area contributed by atoms with Gasteiger partial charge in [0.05, 0.1) is 0 Å². The number of Topliss-reactive ketones (excluding diaryl/α,β-unsaturated/α-hetero) is 1. The van der Waals surface area contributed by atoms with Crippen molar-refractivity contribution in [3.05, 3.63) is 11.8 Å². The minimum Gasteiger partial charge on any atom is -0.505 e. The van der Waals surface area contributed by atoms with Gasteiger partial charge in [0.1, 0.15) is 0 Å². The fraction of sp³-hybridized carbons (Fsp3) is 0.625. The molecule has 0 saturated heterocycles. The molecule has 0 unspecified atom stereocenters. The quantitative estimate of drug-likeness (QED) is 0.558. The predicted octanol–water partition coefficient (Wildman–Crippen LogP) is 1.96. The van der Waals surface area contributed by atoms with Crippen molar-refractivity contribution in [2.75, 3.05) is 0 Å². The standard InChI is InChI=1S/C8H12O2/c9-7-5-3-1-2-4-6-8(7)10/h5,9H,1-4,6H2. The maximum atomic E-state index is 10.8. The lowest BCUT2D eigenvalue weighted by atomic mass is 10.0. The van der Waals surface area contributed by atoms with Crippen LogP contribution in [0.5, 0.6) is 0 Å². The van der Waals surface area contributed by atoms with Gasteiger partial charge in [-0.25, -0.2) is 0 Å². The van der Waals surface area contributed by atoms with Crippen LogP contribution in [0.1, 0.15) is 32.1 Å². The van der Waals surface area contributed by atoms with Crippen molar-refractivity contribution in [1.82, 2.24) is 0 Å². The predicted molar refractivity (Wildman–Crippen MR) is 38.8 cm³/mol. The average Bonchev–Trinajstić information content (AvgIpc) is 1.92. The number of hydrogen-bond acceptors (Lipinski definition) is 2. The summed E-state index contributed by atoms with van der Waals surface area (Å²) in [5.74, 6) is -0.126. The van der Waals surface area contributed by atoms with E-state index in [1.165, 1.54) is 0 Å². The smallest absolute Gasteiger partial charge is 0.196 e. The molecule has 0 heterocycles. The van der Waals surface area contributed by atoms with E-state index in [1.54, 1.807) is 6.08 Å². The fourth-order valence-corrected chi connectivity index (χ4v) is 1.09. The molecular formula is C8H12O2. The summed E-state index contributed by atoms with van der Waals surface area (Å²) in [5, 5.41) is 8.99. The third-order valence-corrected chi connectivity index (χ3v) is 1.73. The Morgan fingerprint density at radius 2 is 2.10 bits per heavy atom. The van der Waals surface area contributed by atoms with E-state index in [1.807, 2.05) is 0 Å². The zero-order valence-corrected chi connectivity index (χ0v) is 5.97. The van der Waals surface area contributed by atoms with E-state index in [0.29, 0.717) is 6.42 Å². The second-order valence-corrected chi connectivity index (χ2v) is 2.61. The van der Waals surface area contributed by atoms with Gasteiger partial charge in [0, 0.05) is 6.42 Å². The van der Waals surface area contributed by atoms with E-state index in [0.717, 1.165) is 25.7 Å². The lowest BCUT2D eigenvalue weighted by Crippen LogP contribution is -2.03. The molecule has 0 aliphatic heterocycles. The van der Waals surface area contributed by atoms with Crippen molar-refractivity contribution in [3.8, 4) is 0 Å². The van der Waals surface area contributed by atoms with Gasteiger partial charge < -0.3 is 5.11 Å². The maximum absolute atomic E-state index is 10.8. The number of carbonyl (C=O) groups is 1. The second kappa shape index (κ2) is 3.40. The van der Waals surface area contributed by atoms with Gasteiger partial charge in [0.2, 0.25) is 0 Å². The van der Waals surface area contributed by atoms with Crippen molar-refractivity contribution < 1.29 is 9.90 Å². The van der Waals surface area contributed by atoms with E-state index in [2.05, 4.69) is 0 Å². The van der Waals surface area contributed by atoms with Crippen LogP contribution in [-0.4, -0.2) is 10.9 Å². The molecule has 0 radical (unpaired) electrons. The zero-order valence-electron chi connectivity index (χ0n) is 5.97. The number of allylic oxidation sites excluding steroid dienone is 2. The van der Waals surface area contributed by atoms with Crippen molar-refractivity contribution in [1.29, 1.82) is 0 Å². The molecule has 0 aromatic carbocycles. The summed E-state index contributed by atoms with van der Waals surface area (Å²) < 4.78 is 0. The summed E-state index contributed by atoms with van der Waals surface area (Å²) in [6.45, 7) is 0. The molecule has 10 heavy (non-hydrogen) atoms. The van der Waals surface area contributed by atoms with Crippen LogP contribution < -0.4 is 0 Å². The van der Waals surface area contributed by atoms with E-state index in [-0.39, 0.29) is 11.5 Å². The lowest BCUT2D eigenvalue weighted by Gasteiger charge is -2.03. The van der Waals surface area contributed by atoms with Crippen LogP contribution in [0.25, 0.3) is 0 Å². The maximum Gasteiger partial charge on any atom is 0.196 e. The van der Waals surface area contributed by atoms with Crippen molar-refractivity contribution in [2.24, 2.45) is 0 Å². The van der Waals surface area contributed by atoms with Gasteiger partial charge in [0.25, 0.3) is 0 Å². The van der Waals surface area contributed by atoms with Gasteiger partial charge in [-0.3, -0.25) is 4.79 Å². The summed E-state index contributed by atoms with van der Waals surface area (Å²) in [6, 6.07) is 0. The molecule has 1 rings (SSSR count). The summed E-state index contributed by atoms with van der Waals surface area (Å²) >= 11 is 0. The van der Waals surface area contributed by atoms with Crippen LogP contribution in [0.4, 0.5) is 0 Å². The molecule has 0 bridgehead atoms. The first-order valence-corrected chi connectivity index (χ1v) is 3.73. The number of rotatable bonds is 0. The highest BCUT2D eigenvalue weighted by atomic mass is 16.3. The number of aliphatic hydroxyl groups is 1. The summed E-state index contributed by atoms with van der Waals surface area (Å²) in [4.78, 5) is 10.8. The van der Waals surface area contributed by atoms with Gasteiger partial charge in [0.15, 0.2) is 11.5 Å². The Kier molecular flexibility index (Phi) is 2.49. The molecule has 0 aromatic heterocycles. The molecule has 0 aromatic rings. The highest BCUT2D eigenvalue weighted by Gasteiger charge is 2.08. The Bertz CT molecular complexity index is 159. The van der Waals surface area contributed by atoms with Gasteiger partial charge in [-0.1, -0.05) is 6.42 Å². The molecule has 0 spiro atoms. The molecule has 1 aliphatic carbocycles. The number of carbonyl (C=O) groups excluding carboxylic acids is 1. The third-order valence-electron chi connectivity index (χ3n) is 1.73. The molecule has 1 N–H and O–H groups in total. The second-order valence-electron chi connectivity index (χ2n) is 2.61. The lowest BCUT2D eigenvalue weighted by molar-refractivity contribution is -0.118. The molecule has 2 heteroatoms. The van der Waals surface area contributed by atoms with E-state index in [9.17, 15) is 4.79 Å². The summed E-state index contributed by atoms with van der Waals surface area (Å²) in [6.07, 6.45) is 6.12. The first-order valence-electron chi connectivity index (χ1n) is 3.73. The first kappa shape index (κ1) is 7.32. The van der Waals surface area contributed by atoms with Crippen LogP contribution in [0, 0.1) is 0 Å². The molecule has 0 fully saturated rings. The molecular weight excluding hydrogens is 128 g/mol. The number of aliphatic hydroxyl groups excluding tert-OH is 1. The summed E-state index contributed by atoms with van der Waals surface area (Å²) in [5.41, 5.74) is 0.